The van der Waals surface area contributed by atoms with E-state index in [2.05, 4.69) is 10.4 Å². The standard InChI is InChI=1S/C12H19N5O4/c1-9-11(17(19)20)12(15(2)14-9)13-4-3-10(18)16-5-7-21-8-6-16/h13H,3-8H2,1-2H3. The largest absolute Gasteiger partial charge is 0.378 e. The summed E-state index contributed by atoms with van der Waals surface area (Å²) in [5.41, 5.74) is 0.306. The number of morpholine rings is 1. The number of carbonyl (C=O) groups is 1. The van der Waals surface area contributed by atoms with Gasteiger partial charge in [-0.3, -0.25) is 14.9 Å². The first-order valence-electron chi connectivity index (χ1n) is 6.78. The van der Waals surface area contributed by atoms with Crippen LogP contribution in [-0.4, -0.2) is 58.4 Å². The maximum absolute atomic E-state index is 12.0. The van der Waals surface area contributed by atoms with Gasteiger partial charge in [0, 0.05) is 33.1 Å². The Labute approximate surface area is 122 Å². The second-order valence-corrected chi connectivity index (χ2v) is 4.83. The lowest BCUT2D eigenvalue weighted by Gasteiger charge is -2.26. The van der Waals surface area contributed by atoms with Crippen molar-refractivity contribution in [3.63, 3.8) is 0 Å². The Hall–Kier alpha value is -2.16. The quantitative estimate of drug-likeness (QED) is 0.619. The van der Waals surface area contributed by atoms with Gasteiger partial charge in [-0.15, -0.1) is 0 Å². The minimum absolute atomic E-state index is 0.0207. The summed E-state index contributed by atoms with van der Waals surface area (Å²) in [7, 11) is 1.63. The van der Waals surface area contributed by atoms with Crippen molar-refractivity contribution >= 4 is 17.4 Å². The van der Waals surface area contributed by atoms with E-state index in [1.165, 1.54) is 4.68 Å². The molecule has 9 nitrogen and oxygen atoms in total. The molecule has 1 aliphatic rings. The minimum Gasteiger partial charge on any atom is -0.378 e. The molecule has 1 amide bonds. The summed E-state index contributed by atoms with van der Waals surface area (Å²) in [6, 6.07) is 0. The fraction of sp³-hybridized carbons (Fsp3) is 0.667. The van der Waals surface area contributed by atoms with E-state index >= 15 is 0 Å². The molecule has 9 heteroatoms. The molecule has 1 aromatic rings. The zero-order valence-electron chi connectivity index (χ0n) is 12.2. The Kier molecular flexibility index (Phi) is 4.73. The van der Waals surface area contributed by atoms with Crippen LogP contribution in [0.15, 0.2) is 0 Å². The number of ether oxygens (including phenoxy) is 1. The molecule has 0 radical (unpaired) electrons. The summed E-state index contributed by atoms with van der Waals surface area (Å²) < 4.78 is 6.61. The Morgan fingerprint density at radius 2 is 2.14 bits per heavy atom. The van der Waals surface area contributed by atoms with Gasteiger partial charge in [0.1, 0.15) is 5.69 Å². The molecule has 1 N–H and O–H groups in total. The number of rotatable bonds is 5. The summed E-state index contributed by atoms with van der Waals surface area (Å²) in [4.78, 5) is 24.3. The number of anilines is 1. The lowest BCUT2D eigenvalue weighted by atomic mass is 10.3. The summed E-state index contributed by atoms with van der Waals surface area (Å²) >= 11 is 0. The van der Waals surface area contributed by atoms with Crippen LogP contribution >= 0.6 is 0 Å². The normalized spacial score (nSPS) is 15.0. The molecule has 2 rings (SSSR count). The highest BCUT2D eigenvalue weighted by atomic mass is 16.6. The highest BCUT2D eigenvalue weighted by molar-refractivity contribution is 5.77. The Bertz CT molecular complexity index is 536. The lowest BCUT2D eigenvalue weighted by molar-refractivity contribution is -0.384. The van der Waals surface area contributed by atoms with E-state index in [0.717, 1.165) is 0 Å². The third-order valence-electron chi connectivity index (χ3n) is 3.37. The Morgan fingerprint density at radius 1 is 1.48 bits per heavy atom. The molecule has 0 unspecified atom stereocenters. The molecule has 1 aromatic heterocycles. The maximum atomic E-state index is 12.0. The van der Waals surface area contributed by atoms with Gasteiger partial charge in [-0.2, -0.15) is 5.10 Å². The number of amides is 1. The minimum atomic E-state index is -0.464. The van der Waals surface area contributed by atoms with Gasteiger partial charge < -0.3 is 15.0 Å². The number of hydrogen-bond donors (Lipinski definition) is 1. The van der Waals surface area contributed by atoms with Crippen LogP contribution in [0, 0.1) is 17.0 Å². The van der Waals surface area contributed by atoms with Crippen LogP contribution in [0.25, 0.3) is 0 Å². The number of aromatic nitrogens is 2. The molecule has 1 fully saturated rings. The third kappa shape index (κ3) is 3.48. The van der Waals surface area contributed by atoms with Crippen LogP contribution in [0.5, 0.6) is 0 Å². The van der Waals surface area contributed by atoms with Gasteiger partial charge in [0.25, 0.3) is 0 Å². The van der Waals surface area contributed by atoms with Crippen LogP contribution in [0.1, 0.15) is 12.1 Å². The molecule has 116 valence electrons. The van der Waals surface area contributed by atoms with Crippen LogP contribution < -0.4 is 5.32 Å². The van der Waals surface area contributed by atoms with Crippen LogP contribution in [0.2, 0.25) is 0 Å². The van der Waals surface area contributed by atoms with E-state index in [4.69, 9.17) is 4.74 Å². The smallest absolute Gasteiger partial charge is 0.333 e. The van der Waals surface area contributed by atoms with Crippen molar-refractivity contribution in [3.05, 3.63) is 15.8 Å². The van der Waals surface area contributed by atoms with Gasteiger partial charge in [0.15, 0.2) is 0 Å². The van der Waals surface area contributed by atoms with Crippen molar-refractivity contribution in [2.24, 2.45) is 7.05 Å². The molecule has 0 aliphatic carbocycles. The Balaban J connectivity index is 1.91. The van der Waals surface area contributed by atoms with Crippen LogP contribution in [0.4, 0.5) is 11.5 Å². The predicted molar refractivity (Wildman–Crippen MR) is 75.1 cm³/mol. The van der Waals surface area contributed by atoms with Gasteiger partial charge >= 0.3 is 5.69 Å². The van der Waals surface area contributed by atoms with Crippen molar-refractivity contribution in [2.75, 3.05) is 38.2 Å². The van der Waals surface area contributed by atoms with Crippen molar-refractivity contribution in [1.82, 2.24) is 14.7 Å². The molecule has 1 aliphatic heterocycles. The average molecular weight is 297 g/mol. The van der Waals surface area contributed by atoms with Crippen molar-refractivity contribution in [1.29, 1.82) is 0 Å². The molecule has 0 aromatic carbocycles. The number of nitrogens with one attached hydrogen (secondary N) is 1. The summed E-state index contributed by atoms with van der Waals surface area (Å²) in [5.74, 6) is 0.347. The number of carbonyl (C=O) groups excluding carboxylic acids is 1. The zero-order chi connectivity index (χ0) is 15.4. The highest BCUT2D eigenvalue weighted by Crippen LogP contribution is 2.27. The first-order valence-corrected chi connectivity index (χ1v) is 6.78. The van der Waals surface area contributed by atoms with E-state index in [0.29, 0.717) is 44.4 Å². The number of hydrogen-bond acceptors (Lipinski definition) is 6. The van der Waals surface area contributed by atoms with Crippen LogP contribution in [0.3, 0.4) is 0 Å². The van der Waals surface area contributed by atoms with E-state index in [1.54, 1.807) is 18.9 Å². The van der Waals surface area contributed by atoms with E-state index in [1.807, 2.05) is 0 Å². The molecule has 21 heavy (non-hydrogen) atoms. The summed E-state index contributed by atoms with van der Waals surface area (Å²) in [6.45, 7) is 4.24. The SMILES string of the molecule is Cc1nn(C)c(NCCC(=O)N2CCOCC2)c1[N+](=O)[O-]. The average Bonchev–Trinajstić information content (AvgIpc) is 2.74. The fourth-order valence-corrected chi connectivity index (χ4v) is 2.32. The van der Waals surface area contributed by atoms with Crippen LogP contribution in [-0.2, 0) is 16.6 Å². The number of nitro groups is 1. The monoisotopic (exact) mass is 297 g/mol. The van der Waals surface area contributed by atoms with E-state index in [9.17, 15) is 14.9 Å². The van der Waals surface area contributed by atoms with E-state index in [-0.39, 0.29) is 18.0 Å². The van der Waals surface area contributed by atoms with Crippen molar-refractivity contribution in [3.8, 4) is 0 Å². The molecule has 0 atom stereocenters. The first-order chi connectivity index (χ1) is 10.0. The lowest BCUT2D eigenvalue weighted by Crippen LogP contribution is -2.41. The van der Waals surface area contributed by atoms with Gasteiger partial charge in [0.05, 0.1) is 18.1 Å². The van der Waals surface area contributed by atoms with Gasteiger partial charge in [-0.25, -0.2) is 4.68 Å². The van der Waals surface area contributed by atoms with E-state index < -0.39 is 4.92 Å². The molecule has 2 heterocycles. The number of nitrogens with zero attached hydrogens (tertiary/aromatic N) is 4. The highest BCUT2D eigenvalue weighted by Gasteiger charge is 2.24. The van der Waals surface area contributed by atoms with Crippen molar-refractivity contribution < 1.29 is 14.5 Å². The first kappa shape index (κ1) is 15.2. The van der Waals surface area contributed by atoms with Gasteiger partial charge in [-0.1, -0.05) is 0 Å². The zero-order valence-corrected chi connectivity index (χ0v) is 12.2. The second kappa shape index (κ2) is 6.53. The molecule has 0 saturated carbocycles. The predicted octanol–water partition coefficient (Wildman–Crippen LogP) is 0.298. The molecular weight excluding hydrogens is 278 g/mol. The van der Waals surface area contributed by atoms with Crippen molar-refractivity contribution in [2.45, 2.75) is 13.3 Å². The third-order valence-corrected chi connectivity index (χ3v) is 3.37. The number of aryl methyl sites for hydroxylation is 2. The van der Waals surface area contributed by atoms with Gasteiger partial charge in [-0.05, 0) is 6.92 Å². The molecule has 1 saturated heterocycles. The maximum Gasteiger partial charge on any atom is 0.333 e. The molecular formula is C12H19N5O4. The second-order valence-electron chi connectivity index (χ2n) is 4.83. The summed E-state index contributed by atoms with van der Waals surface area (Å²) in [5, 5.41) is 18.0. The summed E-state index contributed by atoms with van der Waals surface area (Å²) in [6.07, 6.45) is 0.279. The fourth-order valence-electron chi connectivity index (χ4n) is 2.32. The molecule has 0 bridgehead atoms. The molecule has 0 spiro atoms. The Morgan fingerprint density at radius 3 is 2.76 bits per heavy atom. The van der Waals surface area contributed by atoms with Gasteiger partial charge in [0.2, 0.25) is 11.7 Å². The topological polar surface area (TPSA) is 103 Å².